The molecule has 2 aromatic carbocycles. The molecule has 2 aliphatic carbocycles. The van der Waals surface area contributed by atoms with Gasteiger partial charge in [-0.25, -0.2) is 0 Å². The molecule has 2 amide bonds. The van der Waals surface area contributed by atoms with E-state index in [2.05, 4.69) is 10.6 Å². The number of thioether (sulfide) groups is 1. The third-order valence-corrected chi connectivity index (χ3v) is 10.4. The monoisotopic (exact) mass is 642 g/mol. The van der Waals surface area contributed by atoms with Crippen LogP contribution >= 0.6 is 23.4 Å². The minimum Gasteiger partial charge on any atom is -0.390 e. The zero-order chi connectivity index (χ0) is 31.5. The van der Waals surface area contributed by atoms with Crippen molar-refractivity contribution in [1.29, 1.82) is 0 Å². The molecule has 0 radical (unpaired) electrons. The maximum Gasteiger partial charge on any atom is 0.242 e. The number of carbonyl (C=O) groups is 2. The van der Waals surface area contributed by atoms with Gasteiger partial charge >= 0.3 is 0 Å². The van der Waals surface area contributed by atoms with E-state index in [1.165, 1.54) is 6.42 Å². The molecule has 242 valence electrons. The van der Waals surface area contributed by atoms with Crippen molar-refractivity contribution in [3.63, 3.8) is 0 Å². The van der Waals surface area contributed by atoms with Crippen molar-refractivity contribution in [2.24, 2.45) is 23.7 Å². The molecule has 5 atom stereocenters. The average Bonchev–Trinajstić information content (AvgIpc) is 3.83. The largest absolute Gasteiger partial charge is 0.390 e. The van der Waals surface area contributed by atoms with Crippen LogP contribution in [0.25, 0.3) is 0 Å². The summed E-state index contributed by atoms with van der Waals surface area (Å²) in [5.74, 6) is 0.823. The van der Waals surface area contributed by atoms with Crippen LogP contribution in [0.2, 0.25) is 5.02 Å². The summed E-state index contributed by atoms with van der Waals surface area (Å²) in [4.78, 5) is 28.8. The normalized spacial score (nSPS) is 19.1. The number of aliphatic hydroxyl groups is 2. The van der Waals surface area contributed by atoms with Crippen molar-refractivity contribution >= 4 is 35.2 Å². The summed E-state index contributed by atoms with van der Waals surface area (Å²) in [7, 11) is 0. The van der Waals surface area contributed by atoms with E-state index in [0.717, 1.165) is 49.0 Å². The number of benzene rings is 2. The van der Waals surface area contributed by atoms with Crippen molar-refractivity contribution in [3.05, 3.63) is 65.2 Å². The second-order valence-corrected chi connectivity index (χ2v) is 15.0. The number of rotatable bonds is 17. The molecule has 6 nitrogen and oxygen atoms in total. The second kappa shape index (κ2) is 17.6. The van der Waals surface area contributed by atoms with Crippen LogP contribution in [-0.2, 0) is 16.0 Å². The van der Waals surface area contributed by atoms with Gasteiger partial charge in [0.25, 0.3) is 0 Å². The third-order valence-electron chi connectivity index (χ3n) is 9.00. The van der Waals surface area contributed by atoms with Gasteiger partial charge in [-0.3, -0.25) is 9.59 Å². The Balaban J connectivity index is 1.48. The fraction of sp³-hybridized carbons (Fsp3) is 0.611. The maximum absolute atomic E-state index is 13.9. The van der Waals surface area contributed by atoms with Crippen LogP contribution in [0.15, 0.2) is 59.5 Å². The van der Waals surface area contributed by atoms with Crippen LogP contribution in [0.4, 0.5) is 0 Å². The Morgan fingerprint density at radius 1 is 0.886 bits per heavy atom. The van der Waals surface area contributed by atoms with E-state index in [9.17, 15) is 19.8 Å². The number of hydrogen-bond acceptors (Lipinski definition) is 5. The summed E-state index contributed by atoms with van der Waals surface area (Å²) in [6.45, 7) is 4.03. The predicted octanol–water partition coefficient (Wildman–Crippen LogP) is 6.80. The average molecular weight is 643 g/mol. The van der Waals surface area contributed by atoms with Crippen molar-refractivity contribution in [2.45, 2.75) is 114 Å². The molecule has 0 aliphatic heterocycles. The number of nitrogens with one attached hydrogen (secondary N) is 2. The van der Waals surface area contributed by atoms with E-state index >= 15 is 0 Å². The molecule has 44 heavy (non-hydrogen) atoms. The lowest BCUT2D eigenvalue weighted by Gasteiger charge is -2.34. The Bertz CT molecular complexity index is 1170. The molecule has 0 saturated heterocycles. The quantitative estimate of drug-likeness (QED) is 0.142. The molecule has 2 aromatic rings. The first-order valence-corrected chi connectivity index (χ1v) is 17.9. The van der Waals surface area contributed by atoms with Gasteiger partial charge < -0.3 is 20.8 Å². The lowest BCUT2D eigenvalue weighted by atomic mass is 9.82. The summed E-state index contributed by atoms with van der Waals surface area (Å²) in [5, 5.41) is 29.0. The minimum atomic E-state index is -1.06. The van der Waals surface area contributed by atoms with Crippen LogP contribution in [0.3, 0.4) is 0 Å². The van der Waals surface area contributed by atoms with E-state index in [1.54, 1.807) is 11.8 Å². The highest BCUT2D eigenvalue weighted by Crippen LogP contribution is 2.34. The maximum atomic E-state index is 13.9. The van der Waals surface area contributed by atoms with Gasteiger partial charge in [0.15, 0.2) is 0 Å². The molecule has 0 heterocycles. The van der Waals surface area contributed by atoms with Gasteiger partial charge in [-0.05, 0) is 67.2 Å². The molecule has 2 saturated carbocycles. The predicted molar refractivity (Wildman–Crippen MR) is 180 cm³/mol. The van der Waals surface area contributed by atoms with Crippen LogP contribution in [0.1, 0.15) is 83.6 Å². The van der Waals surface area contributed by atoms with E-state index < -0.39 is 24.3 Å². The zero-order valence-corrected chi connectivity index (χ0v) is 27.9. The van der Waals surface area contributed by atoms with Crippen molar-refractivity contribution < 1.29 is 19.8 Å². The molecule has 2 fully saturated rings. The van der Waals surface area contributed by atoms with Crippen molar-refractivity contribution in [2.75, 3.05) is 5.75 Å². The van der Waals surface area contributed by atoms with Crippen LogP contribution in [0, 0.1) is 23.7 Å². The van der Waals surface area contributed by atoms with Gasteiger partial charge in [0.05, 0.1) is 18.1 Å². The van der Waals surface area contributed by atoms with Gasteiger partial charge in [0.1, 0.15) is 12.1 Å². The molecule has 4 rings (SSSR count). The molecule has 4 N–H and O–H groups in total. The van der Waals surface area contributed by atoms with Crippen molar-refractivity contribution in [3.8, 4) is 0 Å². The van der Waals surface area contributed by atoms with E-state index in [0.29, 0.717) is 48.3 Å². The van der Waals surface area contributed by atoms with Gasteiger partial charge in [0.2, 0.25) is 11.8 Å². The molecule has 0 bridgehead atoms. The van der Waals surface area contributed by atoms with E-state index in [1.807, 2.05) is 68.4 Å². The summed E-state index contributed by atoms with van der Waals surface area (Å²) in [5.41, 5.74) is 1.07. The zero-order valence-electron chi connectivity index (χ0n) is 26.3. The fourth-order valence-corrected chi connectivity index (χ4v) is 7.63. The van der Waals surface area contributed by atoms with Gasteiger partial charge in [-0.1, -0.05) is 107 Å². The molecular weight excluding hydrogens is 592 g/mol. The van der Waals surface area contributed by atoms with Gasteiger partial charge in [-0.15, -0.1) is 11.8 Å². The molecule has 2 aliphatic rings. The van der Waals surface area contributed by atoms with Gasteiger partial charge in [0, 0.05) is 15.7 Å². The van der Waals surface area contributed by atoms with E-state index in [4.69, 9.17) is 11.6 Å². The highest BCUT2D eigenvalue weighted by Gasteiger charge is 2.36. The lowest BCUT2D eigenvalue weighted by Crippen LogP contribution is -2.56. The molecule has 0 aromatic heterocycles. The second-order valence-electron chi connectivity index (χ2n) is 13.4. The molecule has 0 unspecified atom stereocenters. The van der Waals surface area contributed by atoms with Crippen molar-refractivity contribution in [1.82, 2.24) is 10.6 Å². The Morgan fingerprint density at radius 2 is 1.59 bits per heavy atom. The number of halogens is 1. The third kappa shape index (κ3) is 11.7. The number of hydrogen-bond donors (Lipinski definition) is 4. The SMILES string of the molecule is CC(C)C[C@H](O)[C@H](O)[C@H](CC1CCCCC1)NC(=O)[C@H](CC1CC1)NC(=O)[C@@H](CSc1cccc(Cl)c1)Cc1ccccc1. The van der Waals surface area contributed by atoms with Crippen LogP contribution < -0.4 is 10.6 Å². The fourth-order valence-electron chi connectivity index (χ4n) is 6.33. The standard InChI is InChI=1S/C36H51ClN2O4S/c1-24(2)18-33(40)34(41)31(20-26-12-7-4-8-13-26)38-36(43)32(21-27-16-17-27)39-35(42)28(19-25-10-5-3-6-11-25)23-44-30-15-9-14-29(37)22-30/h3,5-6,9-11,14-15,22,24,26-28,31-34,40-41H,4,7-8,12-13,16-21,23H2,1-2H3,(H,38,43)(H,39,42)/t28-,31+,32+,33+,34-/m1/s1. The molecular formula is C36H51ClN2O4S. The van der Waals surface area contributed by atoms with Gasteiger partial charge in [-0.2, -0.15) is 0 Å². The van der Waals surface area contributed by atoms with Crippen LogP contribution in [-0.4, -0.2) is 52.1 Å². The highest BCUT2D eigenvalue weighted by atomic mass is 35.5. The first-order chi connectivity index (χ1) is 21.2. The topological polar surface area (TPSA) is 98.7 Å². The first kappa shape index (κ1) is 34.8. The summed E-state index contributed by atoms with van der Waals surface area (Å²) in [6, 6.07) is 16.4. The Morgan fingerprint density at radius 3 is 2.25 bits per heavy atom. The first-order valence-electron chi connectivity index (χ1n) is 16.6. The number of aliphatic hydroxyl groups excluding tert-OH is 2. The lowest BCUT2D eigenvalue weighted by molar-refractivity contribution is -0.132. The molecule has 0 spiro atoms. The summed E-state index contributed by atoms with van der Waals surface area (Å²) in [6.07, 6.45) is 8.07. The Hall–Kier alpha value is -2.06. The Kier molecular flexibility index (Phi) is 13.9. The molecule has 8 heteroatoms. The number of amides is 2. The smallest absolute Gasteiger partial charge is 0.242 e. The Labute approximate surface area is 273 Å². The van der Waals surface area contributed by atoms with Crippen LogP contribution in [0.5, 0.6) is 0 Å². The number of carbonyl (C=O) groups excluding carboxylic acids is 2. The minimum absolute atomic E-state index is 0.145. The van der Waals surface area contributed by atoms with E-state index in [-0.39, 0.29) is 23.7 Å². The summed E-state index contributed by atoms with van der Waals surface area (Å²) >= 11 is 7.80. The summed E-state index contributed by atoms with van der Waals surface area (Å²) < 4.78 is 0. The highest BCUT2D eigenvalue weighted by molar-refractivity contribution is 7.99.